The van der Waals surface area contributed by atoms with Gasteiger partial charge in [-0.2, -0.15) is 0 Å². The highest BCUT2D eigenvalue weighted by molar-refractivity contribution is 7.24. The quantitative estimate of drug-likeness (QED) is 0.321. The Bertz CT molecular complexity index is 1370. The molecule has 0 radical (unpaired) electrons. The van der Waals surface area contributed by atoms with Gasteiger partial charge in [0.1, 0.15) is 27.5 Å². The van der Waals surface area contributed by atoms with Crippen molar-refractivity contribution in [3.63, 3.8) is 0 Å². The van der Waals surface area contributed by atoms with Gasteiger partial charge in [0, 0.05) is 13.1 Å². The summed E-state index contributed by atoms with van der Waals surface area (Å²) in [6.45, 7) is 3.64. The van der Waals surface area contributed by atoms with Crippen LogP contribution in [0, 0.1) is 6.92 Å². The Morgan fingerprint density at radius 3 is 1.91 bits per heavy atom. The number of nitrogens with zero attached hydrogens (tertiary/aromatic N) is 6. The molecule has 11 heteroatoms. The first-order chi connectivity index (χ1) is 16.1. The van der Waals surface area contributed by atoms with Crippen LogP contribution in [-0.2, 0) is 0 Å². The SMILES string of the molecule is COc1cccc2sc(N(c3nc4c(OC)cccc4s3)C3CN(c4nnc(C)s4)C3)nc12. The van der Waals surface area contributed by atoms with Crippen LogP contribution in [0.2, 0.25) is 0 Å². The van der Waals surface area contributed by atoms with Crippen molar-refractivity contribution in [3.8, 4) is 11.5 Å². The van der Waals surface area contributed by atoms with Crippen molar-refractivity contribution in [2.24, 2.45) is 0 Å². The summed E-state index contributed by atoms with van der Waals surface area (Å²) >= 11 is 4.93. The first kappa shape index (κ1) is 20.6. The highest BCUT2D eigenvalue weighted by Gasteiger charge is 2.37. The van der Waals surface area contributed by atoms with Crippen LogP contribution in [-0.4, -0.2) is 53.5 Å². The zero-order chi connectivity index (χ0) is 22.5. The van der Waals surface area contributed by atoms with Crippen LogP contribution >= 0.6 is 34.0 Å². The lowest BCUT2D eigenvalue weighted by atomic mass is 10.1. The van der Waals surface area contributed by atoms with Crippen molar-refractivity contribution in [1.29, 1.82) is 0 Å². The lowest BCUT2D eigenvalue weighted by Gasteiger charge is -2.43. The van der Waals surface area contributed by atoms with E-state index in [1.165, 1.54) is 0 Å². The van der Waals surface area contributed by atoms with Gasteiger partial charge >= 0.3 is 0 Å². The summed E-state index contributed by atoms with van der Waals surface area (Å²) in [5.74, 6) is 1.56. The third-order valence-corrected chi connectivity index (χ3v) is 8.55. The Balaban J connectivity index is 1.43. The van der Waals surface area contributed by atoms with Crippen LogP contribution in [0.5, 0.6) is 11.5 Å². The number of ether oxygens (including phenoxy) is 2. The van der Waals surface area contributed by atoms with Gasteiger partial charge in [-0.1, -0.05) is 46.1 Å². The highest BCUT2D eigenvalue weighted by Crippen LogP contribution is 2.43. The van der Waals surface area contributed by atoms with Crippen LogP contribution in [0.15, 0.2) is 36.4 Å². The number of thiazole rings is 2. The van der Waals surface area contributed by atoms with Gasteiger partial charge in [0.05, 0.1) is 29.7 Å². The van der Waals surface area contributed by atoms with E-state index in [1.54, 1.807) is 48.2 Å². The normalized spacial score (nSPS) is 14.1. The summed E-state index contributed by atoms with van der Waals surface area (Å²) in [6.07, 6.45) is 0. The van der Waals surface area contributed by atoms with E-state index >= 15 is 0 Å². The average Bonchev–Trinajstić information content (AvgIpc) is 3.52. The fraction of sp³-hybridized carbons (Fsp3) is 0.273. The van der Waals surface area contributed by atoms with Crippen LogP contribution in [0.25, 0.3) is 20.4 Å². The van der Waals surface area contributed by atoms with Gasteiger partial charge in [0.2, 0.25) is 5.13 Å². The second-order valence-corrected chi connectivity index (χ2v) is 10.8. The second kappa shape index (κ2) is 8.08. The van der Waals surface area contributed by atoms with Crippen molar-refractivity contribution in [1.82, 2.24) is 20.2 Å². The molecule has 2 aromatic carbocycles. The van der Waals surface area contributed by atoms with E-state index in [2.05, 4.69) is 32.1 Å². The maximum atomic E-state index is 5.56. The molecule has 168 valence electrons. The molecule has 1 aliphatic heterocycles. The molecule has 0 atom stereocenters. The Morgan fingerprint density at radius 2 is 1.42 bits per heavy atom. The van der Waals surface area contributed by atoms with Crippen LogP contribution in [0.4, 0.5) is 15.4 Å². The lowest BCUT2D eigenvalue weighted by Crippen LogP contribution is -2.58. The third-order valence-electron chi connectivity index (χ3n) is 5.61. The van der Waals surface area contributed by atoms with Gasteiger partial charge in [-0.3, -0.25) is 4.90 Å². The standard InChI is InChI=1S/C22H20N6O2S3/c1-12-25-26-22(31-12)27-10-13(11-27)28(20-23-18-14(29-2)6-4-8-16(18)32-20)21-24-19-15(30-3)7-5-9-17(19)33-21/h4-9,13H,10-11H2,1-3H3. The molecular weight excluding hydrogens is 476 g/mol. The number of anilines is 3. The van der Waals surface area contributed by atoms with Crippen LogP contribution in [0.1, 0.15) is 5.01 Å². The molecule has 1 saturated heterocycles. The molecule has 3 aromatic heterocycles. The molecule has 5 aromatic rings. The second-order valence-electron chi connectivity index (χ2n) is 7.64. The third kappa shape index (κ3) is 3.47. The number of para-hydroxylation sites is 2. The molecule has 0 N–H and O–H groups in total. The van der Waals surface area contributed by atoms with E-state index in [9.17, 15) is 0 Å². The molecular formula is C22H20N6O2S3. The molecule has 33 heavy (non-hydrogen) atoms. The van der Waals surface area contributed by atoms with Crippen molar-refractivity contribution in [2.45, 2.75) is 13.0 Å². The van der Waals surface area contributed by atoms with Gasteiger partial charge in [-0.25, -0.2) is 9.97 Å². The smallest absolute Gasteiger partial charge is 0.208 e. The Hall–Kier alpha value is -3.02. The minimum Gasteiger partial charge on any atom is -0.494 e. The summed E-state index contributed by atoms with van der Waals surface area (Å²) in [4.78, 5) is 14.5. The molecule has 0 spiro atoms. The number of hydrogen-bond acceptors (Lipinski definition) is 11. The number of fused-ring (bicyclic) bond motifs is 2. The largest absolute Gasteiger partial charge is 0.494 e. The minimum atomic E-state index is 0.215. The van der Waals surface area contributed by atoms with Gasteiger partial charge in [-0.05, 0) is 31.2 Å². The summed E-state index contributed by atoms with van der Waals surface area (Å²) in [5.41, 5.74) is 1.75. The molecule has 4 heterocycles. The first-order valence-electron chi connectivity index (χ1n) is 10.4. The molecule has 8 nitrogen and oxygen atoms in total. The van der Waals surface area contributed by atoms with Gasteiger partial charge in [-0.15, -0.1) is 10.2 Å². The van der Waals surface area contributed by atoms with Gasteiger partial charge in [0.15, 0.2) is 10.3 Å². The van der Waals surface area contributed by atoms with Crippen LogP contribution < -0.4 is 19.3 Å². The Morgan fingerprint density at radius 1 is 0.848 bits per heavy atom. The van der Waals surface area contributed by atoms with E-state index in [0.29, 0.717) is 0 Å². The average molecular weight is 497 g/mol. The monoisotopic (exact) mass is 496 g/mol. The maximum absolute atomic E-state index is 5.56. The molecule has 0 bridgehead atoms. The fourth-order valence-electron chi connectivity index (χ4n) is 3.94. The van der Waals surface area contributed by atoms with Crippen LogP contribution in [0.3, 0.4) is 0 Å². The van der Waals surface area contributed by atoms with Crippen molar-refractivity contribution >= 4 is 69.8 Å². The molecule has 1 aliphatic rings. The number of aromatic nitrogens is 4. The number of benzene rings is 2. The first-order valence-corrected chi connectivity index (χ1v) is 12.8. The predicted octanol–water partition coefficient (Wildman–Crippen LogP) is 5.11. The fourth-order valence-corrected chi connectivity index (χ4v) is 6.82. The molecule has 1 fully saturated rings. The summed E-state index contributed by atoms with van der Waals surface area (Å²) in [7, 11) is 3.36. The lowest BCUT2D eigenvalue weighted by molar-refractivity contribution is 0.419. The Labute approximate surface area is 202 Å². The number of hydrogen-bond donors (Lipinski definition) is 0. The number of rotatable bonds is 6. The molecule has 0 unspecified atom stereocenters. The summed E-state index contributed by atoms with van der Waals surface area (Å²) < 4.78 is 13.3. The zero-order valence-electron chi connectivity index (χ0n) is 18.2. The summed E-state index contributed by atoms with van der Waals surface area (Å²) in [6, 6.07) is 12.3. The molecule has 0 amide bonds. The number of methoxy groups -OCH3 is 2. The van der Waals surface area contributed by atoms with E-state index in [1.807, 2.05) is 31.2 Å². The van der Waals surface area contributed by atoms with E-state index < -0.39 is 0 Å². The summed E-state index contributed by atoms with van der Waals surface area (Å²) in [5, 5.41) is 12.2. The van der Waals surface area contributed by atoms with Crippen molar-refractivity contribution in [3.05, 3.63) is 41.4 Å². The predicted molar refractivity (Wildman–Crippen MR) is 135 cm³/mol. The van der Waals surface area contributed by atoms with E-state index in [-0.39, 0.29) is 6.04 Å². The van der Waals surface area contributed by atoms with Crippen molar-refractivity contribution < 1.29 is 9.47 Å². The van der Waals surface area contributed by atoms with Gasteiger partial charge < -0.3 is 14.4 Å². The van der Waals surface area contributed by atoms with Crippen molar-refractivity contribution in [2.75, 3.05) is 37.1 Å². The molecule has 6 rings (SSSR count). The molecule has 0 aliphatic carbocycles. The highest BCUT2D eigenvalue weighted by atomic mass is 32.1. The Kier molecular flexibility index (Phi) is 5.04. The van der Waals surface area contributed by atoms with Gasteiger partial charge in [0.25, 0.3) is 0 Å². The van der Waals surface area contributed by atoms with E-state index in [4.69, 9.17) is 19.4 Å². The minimum absolute atomic E-state index is 0.215. The van der Waals surface area contributed by atoms with E-state index in [0.717, 1.165) is 65.4 Å². The number of aryl methyl sites for hydroxylation is 1. The maximum Gasteiger partial charge on any atom is 0.208 e. The molecule has 0 saturated carbocycles. The topological polar surface area (TPSA) is 76.5 Å². The zero-order valence-corrected chi connectivity index (χ0v) is 20.6.